The number of carbonyl (C=O) groups is 3. The normalized spacial score (nSPS) is 17.6. The number of amides is 2. The molecule has 0 aromatic heterocycles. The van der Waals surface area contributed by atoms with E-state index >= 15 is 0 Å². The number of benzene rings is 2. The van der Waals surface area contributed by atoms with Crippen LogP contribution in [0.2, 0.25) is 0 Å². The number of rotatable bonds is 7. The van der Waals surface area contributed by atoms with Gasteiger partial charge in [-0.05, 0) is 41.5 Å². The van der Waals surface area contributed by atoms with E-state index in [1.807, 2.05) is 38.1 Å². The Morgan fingerprint density at radius 2 is 1.68 bits per heavy atom. The molecule has 1 fully saturated rings. The standard InChI is InChI=1S/C27H32N2O5/c1-27(2,25(32)29-15-7-8-18(16-29)24(30)31)13-14-28-26(33)34-17-23-21-11-5-3-9-19(21)20-10-4-6-12-22(20)23/h3-6,9-12,18,23H,7-8,13-17H2,1-2H3,(H,28,33)(H,30,31)/t18-/m1/s1. The number of hydrogen-bond acceptors (Lipinski definition) is 4. The second kappa shape index (κ2) is 9.87. The summed E-state index contributed by atoms with van der Waals surface area (Å²) in [4.78, 5) is 38.4. The van der Waals surface area contributed by atoms with Gasteiger partial charge in [-0.3, -0.25) is 9.59 Å². The molecule has 2 aliphatic rings. The lowest BCUT2D eigenvalue weighted by molar-refractivity contribution is -0.149. The smallest absolute Gasteiger partial charge is 0.407 e. The predicted octanol–water partition coefficient (Wildman–Crippen LogP) is 4.26. The zero-order valence-electron chi connectivity index (χ0n) is 19.8. The third-order valence-electron chi connectivity index (χ3n) is 7.00. The largest absolute Gasteiger partial charge is 0.481 e. The molecule has 0 bridgehead atoms. The average molecular weight is 465 g/mol. The fourth-order valence-corrected chi connectivity index (χ4v) is 5.02. The van der Waals surface area contributed by atoms with Crippen LogP contribution in [0.5, 0.6) is 0 Å². The highest BCUT2D eigenvalue weighted by molar-refractivity contribution is 5.83. The van der Waals surface area contributed by atoms with Gasteiger partial charge in [0.05, 0.1) is 5.92 Å². The Bertz CT molecular complexity index is 1030. The van der Waals surface area contributed by atoms with E-state index in [0.29, 0.717) is 32.4 Å². The van der Waals surface area contributed by atoms with Crippen molar-refractivity contribution in [3.05, 3.63) is 59.7 Å². The van der Waals surface area contributed by atoms with E-state index < -0.39 is 23.4 Å². The molecule has 2 amide bonds. The Morgan fingerprint density at radius 3 is 2.29 bits per heavy atom. The first kappa shape index (κ1) is 23.8. The van der Waals surface area contributed by atoms with E-state index in [1.54, 1.807) is 4.90 Å². The van der Waals surface area contributed by atoms with Gasteiger partial charge in [0.2, 0.25) is 5.91 Å². The van der Waals surface area contributed by atoms with Crippen molar-refractivity contribution in [2.45, 2.75) is 39.0 Å². The molecule has 7 heteroatoms. The van der Waals surface area contributed by atoms with Gasteiger partial charge in [0, 0.05) is 31.0 Å². The van der Waals surface area contributed by atoms with Gasteiger partial charge in [-0.15, -0.1) is 0 Å². The van der Waals surface area contributed by atoms with Gasteiger partial charge >= 0.3 is 12.1 Å². The lowest BCUT2D eigenvalue weighted by Gasteiger charge is -2.36. The van der Waals surface area contributed by atoms with Crippen molar-refractivity contribution in [3.63, 3.8) is 0 Å². The first-order valence-electron chi connectivity index (χ1n) is 11.9. The summed E-state index contributed by atoms with van der Waals surface area (Å²) in [6, 6.07) is 16.4. The summed E-state index contributed by atoms with van der Waals surface area (Å²) >= 11 is 0. The number of aliphatic carboxylic acids is 1. The number of carboxylic acid groups (broad SMARTS) is 1. The van der Waals surface area contributed by atoms with Crippen LogP contribution in [0.1, 0.15) is 50.2 Å². The monoisotopic (exact) mass is 464 g/mol. The van der Waals surface area contributed by atoms with E-state index in [9.17, 15) is 19.5 Å². The molecule has 2 aromatic carbocycles. The number of hydrogen-bond donors (Lipinski definition) is 2. The Balaban J connectivity index is 1.28. The maximum atomic E-state index is 13.0. The molecule has 1 aliphatic carbocycles. The van der Waals surface area contributed by atoms with Crippen molar-refractivity contribution in [1.29, 1.82) is 0 Å². The minimum Gasteiger partial charge on any atom is -0.481 e. The van der Waals surface area contributed by atoms with Gasteiger partial charge in [-0.2, -0.15) is 0 Å². The summed E-state index contributed by atoms with van der Waals surface area (Å²) in [5.74, 6) is -1.44. The van der Waals surface area contributed by atoms with E-state index in [4.69, 9.17) is 4.74 Å². The number of likely N-dealkylation sites (tertiary alicyclic amines) is 1. The van der Waals surface area contributed by atoms with Crippen LogP contribution in [0.25, 0.3) is 11.1 Å². The van der Waals surface area contributed by atoms with Gasteiger partial charge in [-0.25, -0.2) is 4.79 Å². The Labute approximate surface area is 200 Å². The van der Waals surface area contributed by atoms with Gasteiger partial charge in [0.25, 0.3) is 0 Å². The van der Waals surface area contributed by atoms with E-state index in [1.165, 1.54) is 11.1 Å². The van der Waals surface area contributed by atoms with Crippen LogP contribution in [-0.2, 0) is 14.3 Å². The van der Waals surface area contributed by atoms with Crippen LogP contribution in [0, 0.1) is 11.3 Å². The fourth-order valence-electron chi connectivity index (χ4n) is 5.02. The summed E-state index contributed by atoms with van der Waals surface area (Å²) in [6.07, 6.45) is 1.22. The molecule has 0 unspecified atom stereocenters. The molecule has 0 saturated carbocycles. The molecule has 2 aromatic rings. The zero-order chi connectivity index (χ0) is 24.3. The van der Waals surface area contributed by atoms with Crippen molar-refractivity contribution >= 4 is 18.0 Å². The lowest BCUT2D eigenvalue weighted by atomic mass is 9.86. The Hall–Kier alpha value is -3.35. The maximum absolute atomic E-state index is 13.0. The molecule has 180 valence electrons. The highest BCUT2D eigenvalue weighted by Crippen LogP contribution is 2.44. The number of nitrogens with zero attached hydrogens (tertiary/aromatic N) is 1. The SMILES string of the molecule is CC(C)(CCNC(=O)OCC1c2ccccc2-c2ccccc21)C(=O)N1CCC[C@@H](C(=O)O)C1. The third kappa shape index (κ3) is 4.93. The number of fused-ring (bicyclic) bond motifs is 3. The van der Waals surface area contributed by atoms with Crippen LogP contribution in [-0.4, -0.2) is 54.2 Å². The molecule has 4 rings (SSSR count). The number of piperidine rings is 1. The second-order valence-corrected chi connectivity index (χ2v) is 9.81. The highest BCUT2D eigenvalue weighted by atomic mass is 16.5. The summed E-state index contributed by atoms with van der Waals surface area (Å²) < 4.78 is 5.56. The van der Waals surface area contributed by atoms with Crippen molar-refractivity contribution in [1.82, 2.24) is 10.2 Å². The van der Waals surface area contributed by atoms with Gasteiger partial charge in [0.1, 0.15) is 6.61 Å². The highest BCUT2D eigenvalue weighted by Gasteiger charge is 2.36. The molecule has 7 nitrogen and oxygen atoms in total. The first-order valence-corrected chi connectivity index (χ1v) is 11.9. The van der Waals surface area contributed by atoms with Crippen molar-refractivity contribution < 1.29 is 24.2 Å². The number of nitrogens with one attached hydrogen (secondary N) is 1. The molecule has 0 spiro atoms. The Morgan fingerprint density at radius 1 is 1.06 bits per heavy atom. The van der Waals surface area contributed by atoms with Gasteiger partial charge in [-0.1, -0.05) is 62.4 Å². The minimum absolute atomic E-state index is 0.00236. The predicted molar refractivity (Wildman–Crippen MR) is 128 cm³/mol. The summed E-state index contributed by atoms with van der Waals surface area (Å²) in [7, 11) is 0. The topological polar surface area (TPSA) is 95.9 Å². The van der Waals surface area contributed by atoms with Crippen LogP contribution in [0.3, 0.4) is 0 Å². The maximum Gasteiger partial charge on any atom is 0.407 e. The number of alkyl carbamates (subject to hydrolysis) is 1. The molecule has 2 N–H and O–H groups in total. The van der Waals surface area contributed by atoms with Crippen LogP contribution in [0.4, 0.5) is 4.79 Å². The van der Waals surface area contributed by atoms with Crippen LogP contribution >= 0.6 is 0 Å². The summed E-state index contributed by atoms with van der Waals surface area (Å²) in [6.45, 7) is 5.03. The molecular formula is C27H32N2O5. The average Bonchev–Trinajstić information content (AvgIpc) is 3.16. The van der Waals surface area contributed by atoms with Crippen molar-refractivity contribution in [2.24, 2.45) is 11.3 Å². The van der Waals surface area contributed by atoms with Crippen LogP contribution < -0.4 is 5.32 Å². The number of ether oxygens (including phenoxy) is 1. The van der Waals surface area contributed by atoms with Crippen molar-refractivity contribution in [2.75, 3.05) is 26.2 Å². The minimum atomic E-state index is -0.854. The van der Waals surface area contributed by atoms with Crippen molar-refractivity contribution in [3.8, 4) is 11.1 Å². The Kier molecular flexibility index (Phi) is 6.91. The molecule has 0 radical (unpaired) electrons. The molecule has 34 heavy (non-hydrogen) atoms. The van der Waals surface area contributed by atoms with Crippen LogP contribution in [0.15, 0.2) is 48.5 Å². The molecular weight excluding hydrogens is 432 g/mol. The number of carboxylic acids is 1. The van der Waals surface area contributed by atoms with Gasteiger partial charge < -0.3 is 20.1 Å². The zero-order valence-corrected chi connectivity index (χ0v) is 19.8. The summed E-state index contributed by atoms with van der Waals surface area (Å²) in [5, 5.41) is 12.1. The molecule has 1 saturated heterocycles. The van der Waals surface area contributed by atoms with E-state index in [0.717, 1.165) is 11.1 Å². The van der Waals surface area contributed by atoms with E-state index in [-0.39, 0.29) is 25.0 Å². The quantitative estimate of drug-likeness (QED) is 0.638. The number of carbonyl (C=O) groups excluding carboxylic acids is 2. The summed E-state index contributed by atoms with van der Waals surface area (Å²) in [5.41, 5.74) is 3.95. The molecule has 1 heterocycles. The third-order valence-corrected chi connectivity index (χ3v) is 7.00. The van der Waals surface area contributed by atoms with Gasteiger partial charge in [0.15, 0.2) is 0 Å². The molecule has 1 atom stereocenters. The lowest BCUT2D eigenvalue weighted by Crippen LogP contribution is -2.48. The first-order chi connectivity index (χ1) is 16.3. The molecule has 1 aliphatic heterocycles. The van der Waals surface area contributed by atoms with E-state index in [2.05, 4.69) is 29.6 Å². The second-order valence-electron chi connectivity index (χ2n) is 9.81. The fraction of sp³-hybridized carbons (Fsp3) is 0.444.